The first-order valence-corrected chi connectivity index (χ1v) is 9.24. The molecule has 4 nitrogen and oxygen atoms in total. The number of hydrogen-bond acceptors (Lipinski definition) is 3. The van der Waals surface area contributed by atoms with E-state index >= 15 is 0 Å². The monoisotopic (exact) mass is 389 g/mol. The van der Waals surface area contributed by atoms with E-state index in [9.17, 15) is 13.2 Å². The fourth-order valence-corrected chi connectivity index (χ4v) is 4.61. The fourth-order valence-electron chi connectivity index (χ4n) is 2.31. The van der Waals surface area contributed by atoms with Crippen molar-refractivity contribution in [3.05, 3.63) is 33.3 Å². The van der Waals surface area contributed by atoms with Crippen LogP contribution in [0.1, 0.15) is 16.8 Å². The molecule has 1 atom stereocenters. The van der Waals surface area contributed by atoms with E-state index in [4.69, 9.17) is 18.0 Å². The summed E-state index contributed by atoms with van der Waals surface area (Å²) in [6, 6.07) is 4.63. The summed E-state index contributed by atoms with van der Waals surface area (Å²) in [5.41, 5.74) is 0.311. The zero-order valence-corrected chi connectivity index (χ0v) is 14.2. The van der Waals surface area contributed by atoms with E-state index in [1.165, 1.54) is 4.90 Å². The molecule has 0 aliphatic carbocycles. The highest BCUT2D eigenvalue weighted by Crippen LogP contribution is 2.28. The van der Waals surface area contributed by atoms with Crippen LogP contribution >= 0.6 is 27.5 Å². The van der Waals surface area contributed by atoms with Crippen LogP contribution in [-0.2, 0) is 9.84 Å². The molecule has 0 radical (unpaired) electrons. The number of halogens is 2. The van der Waals surface area contributed by atoms with E-state index in [1.807, 2.05) is 0 Å². The van der Waals surface area contributed by atoms with Crippen molar-refractivity contribution in [2.24, 2.45) is 0 Å². The molecule has 1 aromatic carbocycles. The van der Waals surface area contributed by atoms with Gasteiger partial charge in [0.05, 0.1) is 28.6 Å². The standard InChI is InChI=1S/C14H13BrClNO3S/c1-2-7-17(10-6-8-21(19,20)9-10)14(18)11-4-3-5-12(15)13(11)16/h1,3-5,10H,6-9H2. The summed E-state index contributed by atoms with van der Waals surface area (Å²) < 4.78 is 23.8. The average molecular weight is 391 g/mol. The molecule has 0 saturated carbocycles. The van der Waals surface area contributed by atoms with Crippen LogP contribution in [0.4, 0.5) is 0 Å². The topological polar surface area (TPSA) is 54.5 Å². The number of hydrogen-bond donors (Lipinski definition) is 0. The number of rotatable bonds is 3. The summed E-state index contributed by atoms with van der Waals surface area (Å²) in [7, 11) is -3.10. The van der Waals surface area contributed by atoms with Crippen LogP contribution in [0.3, 0.4) is 0 Å². The van der Waals surface area contributed by atoms with E-state index < -0.39 is 15.9 Å². The minimum Gasteiger partial charge on any atom is -0.323 e. The molecule has 1 saturated heterocycles. The van der Waals surface area contributed by atoms with Gasteiger partial charge in [0, 0.05) is 10.5 Å². The maximum absolute atomic E-state index is 12.6. The Hall–Kier alpha value is -1.03. The van der Waals surface area contributed by atoms with Crippen LogP contribution in [0, 0.1) is 12.3 Å². The van der Waals surface area contributed by atoms with Gasteiger partial charge in [0.15, 0.2) is 9.84 Å². The van der Waals surface area contributed by atoms with Gasteiger partial charge in [0.1, 0.15) is 0 Å². The third-order valence-electron chi connectivity index (χ3n) is 3.35. The molecule has 1 aliphatic rings. The molecular formula is C14H13BrClNO3S. The second-order valence-corrected chi connectivity index (χ2v) is 8.26. The molecule has 7 heteroatoms. The van der Waals surface area contributed by atoms with Crippen LogP contribution < -0.4 is 0 Å². The van der Waals surface area contributed by atoms with Crippen molar-refractivity contribution in [1.29, 1.82) is 0 Å². The Bertz CT molecular complexity index is 711. The Morgan fingerprint density at radius 2 is 2.24 bits per heavy atom. The number of terminal acetylenes is 1. The van der Waals surface area contributed by atoms with E-state index in [0.717, 1.165) is 0 Å². The van der Waals surface area contributed by atoms with Crippen LogP contribution in [0.5, 0.6) is 0 Å². The zero-order chi connectivity index (χ0) is 15.6. The smallest absolute Gasteiger partial charge is 0.256 e. The van der Waals surface area contributed by atoms with Gasteiger partial charge in [-0.2, -0.15) is 0 Å². The van der Waals surface area contributed by atoms with E-state index in [2.05, 4.69) is 21.9 Å². The van der Waals surface area contributed by atoms with Gasteiger partial charge < -0.3 is 4.90 Å². The quantitative estimate of drug-likeness (QED) is 0.745. The molecule has 1 amide bonds. The second-order valence-electron chi connectivity index (χ2n) is 4.80. The van der Waals surface area contributed by atoms with Crippen molar-refractivity contribution in [3.63, 3.8) is 0 Å². The van der Waals surface area contributed by atoms with Gasteiger partial charge in [-0.25, -0.2) is 8.42 Å². The van der Waals surface area contributed by atoms with E-state index in [-0.39, 0.29) is 24.0 Å². The van der Waals surface area contributed by atoms with Crippen molar-refractivity contribution in [2.45, 2.75) is 12.5 Å². The van der Waals surface area contributed by atoms with E-state index in [1.54, 1.807) is 18.2 Å². The molecule has 1 fully saturated rings. The molecule has 1 aromatic rings. The molecule has 112 valence electrons. The minimum atomic E-state index is -3.10. The van der Waals surface area contributed by atoms with Gasteiger partial charge in [-0.15, -0.1) is 6.42 Å². The number of nitrogens with zero attached hydrogens (tertiary/aromatic N) is 1. The summed E-state index contributed by atoms with van der Waals surface area (Å²) in [6.45, 7) is 0.0574. The van der Waals surface area contributed by atoms with Gasteiger partial charge in [-0.3, -0.25) is 4.79 Å². The summed E-state index contributed by atoms with van der Waals surface area (Å²) in [5, 5.41) is 0.297. The molecule has 0 N–H and O–H groups in total. The number of carbonyl (C=O) groups excluding carboxylic acids is 1. The van der Waals surface area contributed by atoms with Crippen molar-refractivity contribution in [1.82, 2.24) is 4.90 Å². The predicted octanol–water partition coefficient (Wildman–Crippen LogP) is 2.37. The minimum absolute atomic E-state index is 0.0496. The molecule has 0 bridgehead atoms. The molecule has 21 heavy (non-hydrogen) atoms. The normalized spacial score (nSPS) is 20.0. The highest BCUT2D eigenvalue weighted by atomic mass is 79.9. The number of carbonyl (C=O) groups is 1. The lowest BCUT2D eigenvalue weighted by Gasteiger charge is -2.26. The molecule has 1 heterocycles. The molecule has 0 aromatic heterocycles. The van der Waals surface area contributed by atoms with Crippen molar-refractivity contribution in [2.75, 3.05) is 18.1 Å². The molecule has 1 unspecified atom stereocenters. The Morgan fingerprint density at radius 3 is 2.81 bits per heavy atom. The summed E-state index contributed by atoms with van der Waals surface area (Å²) >= 11 is 9.40. The Labute approximate surface area is 137 Å². The first-order chi connectivity index (χ1) is 9.85. The lowest BCUT2D eigenvalue weighted by atomic mass is 10.1. The molecule has 2 rings (SSSR count). The van der Waals surface area contributed by atoms with Crippen molar-refractivity contribution < 1.29 is 13.2 Å². The van der Waals surface area contributed by atoms with Crippen LogP contribution in [-0.4, -0.2) is 43.3 Å². The van der Waals surface area contributed by atoms with Gasteiger partial charge in [0.2, 0.25) is 0 Å². The maximum Gasteiger partial charge on any atom is 0.256 e. The Balaban J connectivity index is 2.33. The summed E-state index contributed by atoms with van der Waals surface area (Å²) in [5.74, 6) is 2.10. The van der Waals surface area contributed by atoms with Gasteiger partial charge in [-0.05, 0) is 34.5 Å². The first kappa shape index (κ1) is 16.3. The number of sulfone groups is 1. The maximum atomic E-state index is 12.6. The highest BCUT2D eigenvalue weighted by molar-refractivity contribution is 9.10. The second kappa shape index (κ2) is 6.39. The van der Waals surface area contributed by atoms with Crippen molar-refractivity contribution in [3.8, 4) is 12.3 Å². The zero-order valence-electron chi connectivity index (χ0n) is 11.1. The first-order valence-electron chi connectivity index (χ1n) is 6.24. The molecule has 0 spiro atoms. The number of amides is 1. The Kier molecular flexibility index (Phi) is 4.97. The number of benzene rings is 1. The van der Waals surface area contributed by atoms with E-state index in [0.29, 0.717) is 21.5 Å². The lowest BCUT2D eigenvalue weighted by molar-refractivity contribution is 0.0724. The van der Waals surface area contributed by atoms with Crippen molar-refractivity contribution >= 4 is 43.3 Å². The molecule has 1 aliphatic heterocycles. The Morgan fingerprint density at radius 1 is 1.52 bits per heavy atom. The lowest BCUT2D eigenvalue weighted by Crippen LogP contribution is -2.41. The van der Waals surface area contributed by atoms with Gasteiger partial charge in [0.25, 0.3) is 5.91 Å². The largest absolute Gasteiger partial charge is 0.323 e. The molecular weight excluding hydrogens is 378 g/mol. The predicted molar refractivity (Wildman–Crippen MR) is 86.1 cm³/mol. The van der Waals surface area contributed by atoms with Crippen LogP contribution in [0.25, 0.3) is 0 Å². The summed E-state index contributed by atoms with van der Waals surface area (Å²) in [4.78, 5) is 14.1. The average Bonchev–Trinajstić information content (AvgIpc) is 2.78. The fraction of sp³-hybridized carbons (Fsp3) is 0.357. The van der Waals surface area contributed by atoms with Gasteiger partial charge >= 0.3 is 0 Å². The third-order valence-corrected chi connectivity index (χ3v) is 6.40. The summed E-state index contributed by atoms with van der Waals surface area (Å²) in [6.07, 6.45) is 5.72. The van der Waals surface area contributed by atoms with Gasteiger partial charge in [-0.1, -0.05) is 23.6 Å². The highest BCUT2D eigenvalue weighted by Gasteiger charge is 2.35. The van der Waals surface area contributed by atoms with Crippen LogP contribution in [0.2, 0.25) is 5.02 Å². The third kappa shape index (κ3) is 3.60. The SMILES string of the molecule is C#CCN(C(=O)c1cccc(Br)c1Cl)C1CCS(=O)(=O)C1. The van der Waals surface area contributed by atoms with Crippen LogP contribution in [0.15, 0.2) is 22.7 Å².